The predicted octanol–water partition coefficient (Wildman–Crippen LogP) is 4.01. The second kappa shape index (κ2) is 7.20. The largest absolute Gasteiger partial charge is 0.496 e. The number of benzene rings is 1. The third kappa shape index (κ3) is 3.90. The van der Waals surface area contributed by atoms with Crippen molar-refractivity contribution in [2.24, 2.45) is 11.7 Å². The first kappa shape index (κ1) is 14.7. The molecule has 2 nitrogen and oxygen atoms in total. The van der Waals surface area contributed by atoms with Crippen LogP contribution in [0.5, 0.6) is 5.75 Å². The van der Waals surface area contributed by atoms with E-state index in [2.05, 4.69) is 19.1 Å². The first-order valence-corrected chi connectivity index (χ1v) is 8.27. The van der Waals surface area contributed by atoms with E-state index in [0.29, 0.717) is 5.25 Å². The van der Waals surface area contributed by atoms with Gasteiger partial charge in [0.25, 0.3) is 0 Å². The van der Waals surface area contributed by atoms with Crippen LogP contribution in [0, 0.1) is 5.92 Å². The van der Waals surface area contributed by atoms with Crippen molar-refractivity contribution >= 4 is 11.8 Å². The number of nitrogens with two attached hydrogens (primary N) is 1. The highest BCUT2D eigenvalue weighted by Crippen LogP contribution is 2.39. The van der Waals surface area contributed by atoms with Gasteiger partial charge in [-0.2, -0.15) is 11.8 Å². The number of methoxy groups -OCH3 is 1. The van der Waals surface area contributed by atoms with Gasteiger partial charge < -0.3 is 10.5 Å². The predicted molar refractivity (Wildman–Crippen MR) is 83.8 cm³/mol. The molecule has 0 aliphatic heterocycles. The fourth-order valence-electron chi connectivity index (χ4n) is 2.84. The van der Waals surface area contributed by atoms with Gasteiger partial charge in [0.15, 0.2) is 0 Å². The van der Waals surface area contributed by atoms with Gasteiger partial charge in [0.2, 0.25) is 0 Å². The van der Waals surface area contributed by atoms with Crippen LogP contribution in [0.15, 0.2) is 24.3 Å². The molecule has 1 saturated carbocycles. The van der Waals surface area contributed by atoms with Crippen molar-refractivity contribution in [3.63, 3.8) is 0 Å². The fourth-order valence-corrected chi connectivity index (χ4v) is 4.33. The van der Waals surface area contributed by atoms with Crippen molar-refractivity contribution in [3.8, 4) is 5.75 Å². The Bertz CT molecular complexity index is 388. The summed E-state index contributed by atoms with van der Waals surface area (Å²) in [5.41, 5.74) is 7.44. The molecule has 2 rings (SSSR count). The standard InChI is InChI=1S/C16H25NOS/c1-12(17)16(19-11-13-7-3-4-8-13)14-9-5-6-10-15(14)18-2/h5-6,9-10,12-13,16H,3-4,7-8,11,17H2,1-2H3. The first-order chi connectivity index (χ1) is 9.22. The minimum absolute atomic E-state index is 0.141. The molecule has 106 valence electrons. The lowest BCUT2D eigenvalue weighted by Gasteiger charge is -2.24. The summed E-state index contributed by atoms with van der Waals surface area (Å²) in [4.78, 5) is 0. The summed E-state index contributed by atoms with van der Waals surface area (Å²) in [6.45, 7) is 2.10. The lowest BCUT2D eigenvalue weighted by Crippen LogP contribution is -2.23. The van der Waals surface area contributed by atoms with Gasteiger partial charge in [-0.3, -0.25) is 0 Å². The van der Waals surface area contributed by atoms with Gasteiger partial charge >= 0.3 is 0 Å². The maximum atomic E-state index is 6.20. The van der Waals surface area contributed by atoms with Crippen molar-refractivity contribution in [3.05, 3.63) is 29.8 Å². The quantitative estimate of drug-likeness (QED) is 0.854. The van der Waals surface area contributed by atoms with Gasteiger partial charge in [-0.1, -0.05) is 31.0 Å². The highest BCUT2D eigenvalue weighted by atomic mass is 32.2. The number of ether oxygens (including phenoxy) is 1. The molecule has 1 aromatic rings. The molecule has 19 heavy (non-hydrogen) atoms. The summed E-state index contributed by atoms with van der Waals surface area (Å²) in [6.07, 6.45) is 5.60. The highest BCUT2D eigenvalue weighted by Gasteiger charge is 2.23. The number of para-hydroxylation sites is 1. The maximum absolute atomic E-state index is 6.20. The molecule has 0 radical (unpaired) electrons. The zero-order valence-corrected chi connectivity index (χ0v) is 12.8. The Morgan fingerprint density at radius 2 is 2.00 bits per heavy atom. The second-order valence-electron chi connectivity index (χ2n) is 5.51. The number of hydrogen-bond acceptors (Lipinski definition) is 3. The van der Waals surface area contributed by atoms with E-state index in [1.54, 1.807) is 7.11 Å². The van der Waals surface area contributed by atoms with Crippen LogP contribution in [0.4, 0.5) is 0 Å². The molecule has 1 fully saturated rings. The van der Waals surface area contributed by atoms with Crippen molar-refractivity contribution < 1.29 is 4.74 Å². The smallest absolute Gasteiger partial charge is 0.123 e. The lowest BCUT2D eigenvalue weighted by atomic mass is 10.1. The fraction of sp³-hybridized carbons (Fsp3) is 0.625. The second-order valence-corrected chi connectivity index (χ2v) is 6.68. The van der Waals surface area contributed by atoms with Gasteiger partial charge in [0.05, 0.1) is 7.11 Å². The molecule has 0 aromatic heterocycles. The number of rotatable bonds is 6. The van der Waals surface area contributed by atoms with E-state index in [0.717, 1.165) is 11.7 Å². The monoisotopic (exact) mass is 279 g/mol. The van der Waals surface area contributed by atoms with Gasteiger partial charge in [0, 0.05) is 16.9 Å². The van der Waals surface area contributed by atoms with E-state index >= 15 is 0 Å². The van der Waals surface area contributed by atoms with Crippen LogP contribution >= 0.6 is 11.8 Å². The molecule has 1 aliphatic carbocycles. The third-order valence-electron chi connectivity index (χ3n) is 3.91. The summed E-state index contributed by atoms with van der Waals surface area (Å²) in [7, 11) is 1.73. The molecule has 2 atom stereocenters. The Kier molecular flexibility index (Phi) is 5.59. The van der Waals surface area contributed by atoms with Crippen molar-refractivity contribution in [1.29, 1.82) is 0 Å². The Hall–Kier alpha value is -0.670. The topological polar surface area (TPSA) is 35.2 Å². The molecular formula is C16H25NOS. The average molecular weight is 279 g/mol. The minimum atomic E-state index is 0.141. The molecular weight excluding hydrogens is 254 g/mol. The molecule has 3 heteroatoms. The van der Waals surface area contributed by atoms with Crippen molar-refractivity contribution in [2.45, 2.75) is 43.9 Å². The van der Waals surface area contributed by atoms with Crippen molar-refractivity contribution in [1.82, 2.24) is 0 Å². The molecule has 1 aromatic carbocycles. The molecule has 0 spiro atoms. The van der Waals surface area contributed by atoms with Gasteiger partial charge in [0.1, 0.15) is 5.75 Å². The molecule has 0 saturated heterocycles. The third-order valence-corrected chi connectivity index (χ3v) is 5.62. The molecule has 2 unspecified atom stereocenters. The van der Waals surface area contributed by atoms with E-state index in [4.69, 9.17) is 10.5 Å². The summed E-state index contributed by atoms with van der Waals surface area (Å²) >= 11 is 2.00. The summed E-state index contributed by atoms with van der Waals surface area (Å²) in [5, 5.41) is 0.330. The van der Waals surface area contributed by atoms with E-state index < -0.39 is 0 Å². The van der Waals surface area contributed by atoms with Crippen LogP contribution in [0.3, 0.4) is 0 Å². The summed E-state index contributed by atoms with van der Waals surface area (Å²) in [6, 6.07) is 8.41. The van der Waals surface area contributed by atoms with E-state index in [-0.39, 0.29) is 6.04 Å². The average Bonchev–Trinajstić information content (AvgIpc) is 2.92. The van der Waals surface area contributed by atoms with Crippen LogP contribution in [-0.4, -0.2) is 18.9 Å². The Balaban J connectivity index is 2.05. The van der Waals surface area contributed by atoms with E-state index in [1.165, 1.54) is 37.0 Å². The first-order valence-electron chi connectivity index (χ1n) is 7.22. The highest BCUT2D eigenvalue weighted by molar-refractivity contribution is 7.99. The van der Waals surface area contributed by atoms with Crippen LogP contribution < -0.4 is 10.5 Å². The van der Waals surface area contributed by atoms with Gasteiger partial charge in [-0.15, -0.1) is 0 Å². The Labute approximate surface area is 121 Å². The maximum Gasteiger partial charge on any atom is 0.123 e. The number of thioether (sulfide) groups is 1. The minimum Gasteiger partial charge on any atom is -0.496 e. The molecule has 0 bridgehead atoms. The number of hydrogen-bond donors (Lipinski definition) is 1. The summed E-state index contributed by atoms with van der Waals surface area (Å²) < 4.78 is 5.48. The van der Waals surface area contributed by atoms with E-state index in [9.17, 15) is 0 Å². The van der Waals surface area contributed by atoms with Crippen LogP contribution in [-0.2, 0) is 0 Å². The molecule has 2 N–H and O–H groups in total. The zero-order valence-electron chi connectivity index (χ0n) is 12.0. The van der Waals surface area contributed by atoms with Crippen LogP contribution in [0.2, 0.25) is 0 Å². The Morgan fingerprint density at radius 3 is 2.63 bits per heavy atom. The van der Waals surface area contributed by atoms with E-state index in [1.807, 2.05) is 23.9 Å². The van der Waals surface area contributed by atoms with Crippen LogP contribution in [0.25, 0.3) is 0 Å². The van der Waals surface area contributed by atoms with Gasteiger partial charge in [-0.05, 0) is 37.5 Å². The van der Waals surface area contributed by atoms with Crippen molar-refractivity contribution in [2.75, 3.05) is 12.9 Å². The molecule has 0 heterocycles. The normalized spacial score (nSPS) is 19.3. The SMILES string of the molecule is COc1ccccc1C(SCC1CCCC1)C(C)N. The lowest BCUT2D eigenvalue weighted by molar-refractivity contribution is 0.408. The molecule has 1 aliphatic rings. The summed E-state index contributed by atoms with van der Waals surface area (Å²) in [5.74, 6) is 3.08. The Morgan fingerprint density at radius 1 is 1.32 bits per heavy atom. The van der Waals surface area contributed by atoms with Crippen LogP contribution in [0.1, 0.15) is 43.4 Å². The van der Waals surface area contributed by atoms with Gasteiger partial charge in [-0.25, -0.2) is 0 Å². The molecule has 0 amide bonds. The zero-order chi connectivity index (χ0) is 13.7.